The molecule has 0 saturated heterocycles. The highest BCUT2D eigenvalue weighted by Gasteiger charge is 2.31. The Labute approximate surface area is 292 Å². The fourth-order valence-corrected chi connectivity index (χ4v) is 6.47. The van der Waals surface area contributed by atoms with E-state index in [4.69, 9.17) is 18.9 Å². The summed E-state index contributed by atoms with van der Waals surface area (Å²) in [6, 6.07) is 13.5. The molecule has 2 fully saturated rings. The first kappa shape index (κ1) is 38.1. The first-order valence-electron chi connectivity index (χ1n) is 16.1. The van der Waals surface area contributed by atoms with Gasteiger partial charge >= 0.3 is 5.97 Å². The van der Waals surface area contributed by atoms with Crippen molar-refractivity contribution < 1.29 is 28.5 Å². The average molecular weight is 687 g/mol. The molecule has 3 aromatic rings. The summed E-state index contributed by atoms with van der Waals surface area (Å²) in [5.74, 6) is 2.03. The van der Waals surface area contributed by atoms with Crippen LogP contribution < -0.4 is 14.2 Å². The third-order valence-corrected chi connectivity index (χ3v) is 8.90. The van der Waals surface area contributed by atoms with Gasteiger partial charge in [-0.05, 0) is 88.8 Å². The Morgan fingerprint density at radius 3 is 2.23 bits per heavy atom. The van der Waals surface area contributed by atoms with E-state index in [9.17, 15) is 9.59 Å². The zero-order chi connectivity index (χ0) is 31.9. The molecule has 5 rings (SSSR count). The van der Waals surface area contributed by atoms with E-state index >= 15 is 0 Å². The zero-order valence-electron chi connectivity index (χ0n) is 28.2. The van der Waals surface area contributed by atoms with Crippen LogP contribution in [0.2, 0.25) is 0 Å². The van der Waals surface area contributed by atoms with E-state index in [1.807, 2.05) is 68.3 Å². The predicted octanol–water partition coefficient (Wildman–Crippen LogP) is 6.33. The number of carbonyl (C=O) groups excluding carboxylic acids is 2. The number of rotatable bonds is 12. The van der Waals surface area contributed by atoms with Crippen LogP contribution in [0.15, 0.2) is 42.5 Å². The van der Waals surface area contributed by atoms with Gasteiger partial charge in [0.15, 0.2) is 0 Å². The molecule has 2 atom stereocenters. The van der Waals surface area contributed by atoms with Gasteiger partial charge in [0.25, 0.3) is 0 Å². The van der Waals surface area contributed by atoms with Gasteiger partial charge in [0.2, 0.25) is 5.91 Å². The summed E-state index contributed by atoms with van der Waals surface area (Å²) in [6.45, 7) is 4.51. The van der Waals surface area contributed by atoms with Gasteiger partial charge in [-0.2, -0.15) is 27.0 Å². The smallest absolute Gasteiger partial charge is 0.309 e. The monoisotopic (exact) mass is 686 g/mol. The lowest BCUT2D eigenvalue weighted by atomic mass is 9.87. The molecule has 2 aliphatic carbocycles. The zero-order valence-corrected chi connectivity index (χ0v) is 30.2. The maximum atomic E-state index is 13.9. The fourth-order valence-electron chi connectivity index (χ4n) is 6.47. The minimum atomic E-state index is -0.130. The first-order chi connectivity index (χ1) is 21.7. The van der Waals surface area contributed by atoms with Crippen molar-refractivity contribution in [1.29, 1.82) is 0 Å². The standard InChI is InChI=1S/C35H46N4O6.2H2S/c1-23(2)44-35(41)26-11-8-12-30(19-26)45-28-16-13-24(14-17-28)33-31(38(3)37-36-33)22-39(34(40)25-9-6-7-10-25)21-27-15-18-29(42-4)20-32(27)43-5;;/h13-18,20,23,25-26,30H,6-12,19,21-22H2,1-5H3;2*1H2/t26-,30-;;/m0../s1. The Kier molecular flexibility index (Phi) is 14.3. The molecule has 12 heteroatoms. The van der Waals surface area contributed by atoms with Crippen LogP contribution in [0.3, 0.4) is 0 Å². The number of methoxy groups -OCH3 is 2. The van der Waals surface area contributed by atoms with Crippen LogP contribution in [0.5, 0.6) is 17.2 Å². The second-order valence-electron chi connectivity index (χ2n) is 12.5. The Bertz CT molecular complexity index is 1460. The molecule has 1 aromatic heterocycles. The quantitative estimate of drug-likeness (QED) is 0.204. The Hall–Kier alpha value is -3.38. The van der Waals surface area contributed by atoms with Gasteiger partial charge in [0.05, 0.1) is 44.6 Å². The number of carbonyl (C=O) groups is 2. The minimum Gasteiger partial charge on any atom is -0.497 e. The predicted molar refractivity (Wildman–Crippen MR) is 191 cm³/mol. The summed E-state index contributed by atoms with van der Waals surface area (Å²) >= 11 is 0. The molecule has 0 aliphatic heterocycles. The molecule has 1 heterocycles. The van der Waals surface area contributed by atoms with Crippen molar-refractivity contribution in [3.05, 3.63) is 53.7 Å². The summed E-state index contributed by atoms with van der Waals surface area (Å²) < 4.78 is 24.5. The van der Waals surface area contributed by atoms with Crippen LogP contribution in [0.4, 0.5) is 0 Å². The molecule has 2 aromatic carbocycles. The van der Waals surface area contributed by atoms with Crippen molar-refractivity contribution in [3.8, 4) is 28.5 Å². The van der Waals surface area contributed by atoms with Gasteiger partial charge in [0.1, 0.15) is 22.9 Å². The van der Waals surface area contributed by atoms with E-state index in [0.29, 0.717) is 31.0 Å². The summed E-state index contributed by atoms with van der Waals surface area (Å²) in [5, 5.41) is 8.84. The largest absolute Gasteiger partial charge is 0.497 e. The maximum Gasteiger partial charge on any atom is 0.309 e. The third kappa shape index (κ3) is 9.59. The number of amides is 1. The number of nitrogens with zero attached hydrogens (tertiary/aromatic N) is 4. The SMILES string of the molecule is COc1ccc(CN(Cc2c(-c3ccc(O[C@H]4CCC[C@H](C(=O)OC(C)C)C4)cc3)nnn2C)C(=O)C2CCCC2)c(OC)c1.S.S. The second-order valence-corrected chi connectivity index (χ2v) is 12.5. The van der Waals surface area contributed by atoms with Crippen molar-refractivity contribution >= 4 is 38.9 Å². The molecule has 47 heavy (non-hydrogen) atoms. The Morgan fingerprint density at radius 1 is 0.894 bits per heavy atom. The van der Waals surface area contributed by atoms with Crippen LogP contribution in [0, 0.1) is 11.8 Å². The Morgan fingerprint density at radius 2 is 1.57 bits per heavy atom. The lowest BCUT2D eigenvalue weighted by Crippen LogP contribution is -2.35. The van der Waals surface area contributed by atoms with Gasteiger partial charge in [-0.15, -0.1) is 5.10 Å². The first-order valence-corrected chi connectivity index (χ1v) is 16.1. The topological polar surface area (TPSA) is 105 Å². The molecule has 0 bridgehead atoms. The van der Waals surface area contributed by atoms with Crippen molar-refractivity contribution in [3.63, 3.8) is 0 Å². The summed E-state index contributed by atoms with van der Waals surface area (Å²) in [7, 11) is 5.11. The molecule has 1 amide bonds. The number of esters is 1. The normalized spacial score (nSPS) is 17.7. The fraction of sp³-hybridized carbons (Fsp3) is 0.543. The molecule has 0 unspecified atom stereocenters. The van der Waals surface area contributed by atoms with Gasteiger partial charge in [-0.25, -0.2) is 4.68 Å². The summed E-state index contributed by atoms with van der Waals surface area (Å²) in [4.78, 5) is 28.2. The van der Waals surface area contributed by atoms with Crippen LogP contribution >= 0.6 is 27.0 Å². The van der Waals surface area contributed by atoms with Gasteiger partial charge in [-0.3, -0.25) is 9.59 Å². The maximum absolute atomic E-state index is 13.9. The third-order valence-electron chi connectivity index (χ3n) is 8.90. The van der Waals surface area contributed by atoms with Crippen LogP contribution in [-0.4, -0.2) is 58.2 Å². The highest BCUT2D eigenvalue weighted by atomic mass is 32.1. The molecular weight excluding hydrogens is 637 g/mol. The van der Waals surface area contributed by atoms with Gasteiger partial charge in [0, 0.05) is 36.7 Å². The molecule has 2 aliphatic rings. The molecular formula is C35H50N4O6S2. The second kappa shape index (κ2) is 17.7. The van der Waals surface area contributed by atoms with E-state index < -0.39 is 0 Å². The van der Waals surface area contributed by atoms with Crippen molar-refractivity contribution in [1.82, 2.24) is 19.9 Å². The molecule has 0 radical (unpaired) electrons. The minimum absolute atomic E-state index is 0. The molecule has 0 spiro atoms. The van der Waals surface area contributed by atoms with E-state index in [0.717, 1.165) is 73.2 Å². The molecule has 2 saturated carbocycles. The number of benzene rings is 2. The van der Waals surface area contributed by atoms with E-state index in [1.165, 1.54) is 0 Å². The lowest BCUT2D eigenvalue weighted by Gasteiger charge is -2.29. The number of hydrogen-bond donors (Lipinski definition) is 0. The summed E-state index contributed by atoms with van der Waals surface area (Å²) in [6.07, 6.45) is 7.16. The number of ether oxygens (including phenoxy) is 4. The van der Waals surface area contributed by atoms with E-state index in [1.54, 1.807) is 18.9 Å². The van der Waals surface area contributed by atoms with Crippen LogP contribution in [-0.2, 0) is 34.5 Å². The molecule has 258 valence electrons. The van der Waals surface area contributed by atoms with E-state index in [2.05, 4.69) is 10.3 Å². The summed E-state index contributed by atoms with van der Waals surface area (Å²) in [5.41, 5.74) is 3.37. The highest BCUT2D eigenvalue weighted by Crippen LogP contribution is 2.33. The Balaban J connectivity index is 0.00000300. The van der Waals surface area contributed by atoms with Crippen LogP contribution in [0.1, 0.15) is 76.5 Å². The van der Waals surface area contributed by atoms with Gasteiger partial charge < -0.3 is 23.8 Å². The van der Waals surface area contributed by atoms with E-state index in [-0.39, 0.29) is 62.9 Å². The molecule has 0 N–H and O–H groups in total. The van der Waals surface area contributed by atoms with Crippen LogP contribution in [0.25, 0.3) is 11.3 Å². The lowest BCUT2D eigenvalue weighted by molar-refractivity contribution is -0.154. The molecule has 10 nitrogen and oxygen atoms in total. The highest BCUT2D eigenvalue weighted by molar-refractivity contribution is 7.59. The van der Waals surface area contributed by atoms with Crippen molar-refractivity contribution in [2.24, 2.45) is 18.9 Å². The average Bonchev–Trinajstić information content (AvgIpc) is 3.71. The van der Waals surface area contributed by atoms with Crippen molar-refractivity contribution in [2.75, 3.05) is 14.2 Å². The van der Waals surface area contributed by atoms with Gasteiger partial charge in [-0.1, -0.05) is 18.1 Å². The number of aryl methyl sites for hydroxylation is 1. The van der Waals surface area contributed by atoms with Crippen molar-refractivity contribution in [2.45, 2.75) is 90.5 Å². The number of aromatic nitrogens is 3. The number of hydrogen-bond acceptors (Lipinski definition) is 8.